The van der Waals surface area contributed by atoms with Crippen LogP contribution in [0.1, 0.15) is 0 Å². The van der Waals surface area contributed by atoms with Crippen LogP contribution in [0, 0.1) is 30.3 Å². The van der Waals surface area contributed by atoms with Crippen LogP contribution in [0.3, 0.4) is 0 Å². The average molecular weight is 563 g/mol. The van der Waals surface area contributed by atoms with E-state index in [0.29, 0.717) is 6.07 Å². The van der Waals surface area contributed by atoms with Gasteiger partial charge >= 0.3 is 29.6 Å². The normalized spacial score (nSPS) is 9.86. The van der Waals surface area contributed by atoms with Crippen LogP contribution in [0.15, 0.2) is 46.2 Å². The number of non-ortho nitro benzene ring substituents is 3. The third-order valence-corrected chi connectivity index (χ3v) is 5.65. The second kappa shape index (κ2) is 16.8. The molecule has 0 saturated carbocycles. The van der Waals surface area contributed by atoms with E-state index in [4.69, 9.17) is 14.9 Å². The van der Waals surface area contributed by atoms with Crippen LogP contribution >= 0.6 is 0 Å². The summed E-state index contributed by atoms with van der Waals surface area (Å²) >= 11 is 0. The topological polar surface area (TPSA) is 250 Å². The zero-order valence-electron chi connectivity index (χ0n) is 20.0. The monoisotopic (exact) mass is 563 g/mol. The Balaban J connectivity index is -0.000000519. The molecule has 36 heavy (non-hydrogen) atoms. The zero-order valence-corrected chi connectivity index (χ0v) is 23.6. The van der Waals surface area contributed by atoms with Crippen LogP contribution < -0.4 is 39.4 Å². The van der Waals surface area contributed by atoms with E-state index in [1.165, 1.54) is 13.2 Å². The number of sulfone groups is 2. The molecule has 0 radical (unpaired) electrons. The van der Waals surface area contributed by atoms with Gasteiger partial charge in [0.1, 0.15) is 5.75 Å². The molecular formula is C17H22N3NaO13S2. The number of aliphatic hydroxyl groups excluding tert-OH is 1. The number of hydrogen-bond donors (Lipinski definition) is 1. The minimum absolute atomic E-state index is 0. The minimum Gasteiger partial charge on any atom is -0.857 e. The van der Waals surface area contributed by atoms with Crippen molar-refractivity contribution in [1.29, 1.82) is 0 Å². The molecule has 1 N–H and O–H groups in total. The van der Waals surface area contributed by atoms with Gasteiger partial charge in [-0.1, -0.05) is 0 Å². The van der Waals surface area contributed by atoms with Crippen LogP contribution in [0.2, 0.25) is 0 Å². The van der Waals surface area contributed by atoms with Crippen LogP contribution in [-0.2, 0) is 19.7 Å². The van der Waals surface area contributed by atoms with Crippen molar-refractivity contribution in [2.24, 2.45) is 0 Å². The first-order valence-electron chi connectivity index (χ1n) is 8.59. The number of benzene rings is 2. The molecule has 16 nitrogen and oxygen atoms in total. The largest absolute Gasteiger partial charge is 1.00 e. The van der Waals surface area contributed by atoms with Crippen molar-refractivity contribution < 1.29 is 76.1 Å². The fourth-order valence-electron chi connectivity index (χ4n) is 1.99. The van der Waals surface area contributed by atoms with Gasteiger partial charge in [-0.05, 0) is 6.07 Å². The van der Waals surface area contributed by atoms with Gasteiger partial charge in [0, 0.05) is 37.8 Å². The van der Waals surface area contributed by atoms with E-state index in [2.05, 4.69) is 0 Å². The predicted molar refractivity (Wildman–Crippen MR) is 120 cm³/mol. The maximum absolute atomic E-state index is 11.2. The number of methoxy groups -OCH3 is 1. The first-order chi connectivity index (χ1) is 16.1. The van der Waals surface area contributed by atoms with E-state index >= 15 is 0 Å². The average Bonchev–Trinajstić information content (AvgIpc) is 2.80. The van der Waals surface area contributed by atoms with E-state index in [9.17, 15) is 47.2 Å². The maximum atomic E-state index is 11.2. The molecule has 0 fully saturated rings. The fourth-order valence-corrected chi connectivity index (χ4v) is 3.32. The summed E-state index contributed by atoms with van der Waals surface area (Å²) in [5, 5.41) is 46.6. The molecular weight excluding hydrogens is 541 g/mol. The molecule has 2 aromatic rings. The second-order valence-corrected chi connectivity index (χ2v) is 9.90. The Hall–Kier alpha value is -2.74. The fraction of sp³-hybridized carbons (Fsp3) is 0.294. The summed E-state index contributed by atoms with van der Waals surface area (Å²) < 4.78 is 49.4. The molecule has 0 spiro atoms. The van der Waals surface area contributed by atoms with Gasteiger partial charge in [0.15, 0.2) is 19.7 Å². The SMILES string of the molecule is CO.COc1cc([N+](=O)[O-])cc(S(C)(=O)=O)c1.CS(=O)(=O)c1cc([N+](=O)[O-])cc([N+](=O)[O-])c1.C[O-].[Na+]. The summed E-state index contributed by atoms with van der Waals surface area (Å²) in [4.78, 5) is 28.4. The molecule has 0 aliphatic heterocycles. The summed E-state index contributed by atoms with van der Waals surface area (Å²) in [7, 11) is -4.14. The number of aliphatic hydroxyl groups is 1. The third kappa shape index (κ3) is 12.8. The summed E-state index contributed by atoms with van der Waals surface area (Å²) in [6, 6.07) is 5.66. The maximum Gasteiger partial charge on any atom is 1.00 e. The van der Waals surface area contributed by atoms with Gasteiger partial charge in [-0.3, -0.25) is 30.3 Å². The molecule has 19 heteroatoms. The van der Waals surface area contributed by atoms with Gasteiger partial charge in [-0.15, -0.1) is 0 Å². The molecule has 0 bridgehead atoms. The van der Waals surface area contributed by atoms with Gasteiger partial charge < -0.3 is 14.9 Å². The smallest absolute Gasteiger partial charge is 0.857 e. The second-order valence-electron chi connectivity index (χ2n) is 5.87. The number of hydrogen-bond acceptors (Lipinski definition) is 13. The molecule has 0 aliphatic rings. The molecule has 196 valence electrons. The summed E-state index contributed by atoms with van der Waals surface area (Å²) in [5.41, 5.74) is -1.57. The Morgan fingerprint density at radius 1 is 0.667 bits per heavy atom. The zero-order chi connectivity index (χ0) is 28.1. The van der Waals surface area contributed by atoms with E-state index in [1.54, 1.807) is 0 Å². The molecule has 2 aromatic carbocycles. The molecule has 0 aromatic heterocycles. The number of nitrogens with zero attached hydrogens (tertiary/aromatic N) is 3. The van der Waals surface area contributed by atoms with Crippen LogP contribution in [0.25, 0.3) is 0 Å². The van der Waals surface area contributed by atoms with Crippen molar-refractivity contribution >= 4 is 36.7 Å². The number of rotatable bonds is 6. The van der Waals surface area contributed by atoms with E-state index < -0.39 is 50.7 Å². The minimum atomic E-state index is -3.72. The van der Waals surface area contributed by atoms with Crippen LogP contribution in [0.5, 0.6) is 5.75 Å². The number of nitro benzene ring substituents is 3. The van der Waals surface area contributed by atoms with E-state index in [1.807, 2.05) is 0 Å². The van der Waals surface area contributed by atoms with Crippen molar-refractivity contribution in [2.75, 3.05) is 33.8 Å². The number of nitro groups is 3. The van der Waals surface area contributed by atoms with Gasteiger partial charge in [0.2, 0.25) is 0 Å². The molecule has 2 rings (SSSR count). The first-order valence-corrected chi connectivity index (χ1v) is 12.4. The van der Waals surface area contributed by atoms with Crippen molar-refractivity contribution in [3.63, 3.8) is 0 Å². The van der Waals surface area contributed by atoms with Crippen molar-refractivity contribution in [1.82, 2.24) is 0 Å². The molecule has 0 saturated heterocycles. The van der Waals surface area contributed by atoms with E-state index in [-0.39, 0.29) is 45.9 Å². The molecule has 0 heterocycles. The first kappa shape index (κ1) is 37.8. The van der Waals surface area contributed by atoms with Gasteiger partial charge in [-0.25, -0.2) is 16.8 Å². The Labute approximate surface area is 228 Å². The van der Waals surface area contributed by atoms with Crippen molar-refractivity contribution in [3.05, 3.63) is 66.7 Å². The predicted octanol–water partition coefficient (Wildman–Crippen LogP) is -2.50. The van der Waals surface area contributed by atoms with Crippen LogP contribution in [0.4, 0.5) is 17.1 Å². The third-order valence-electron chi connectivity index (χ3n) is 3.47. The summed E-state index contributed by atoms with van der Waals surface area (Å²) in [6.45, 7) is 0. The van der Waals surface area contributed by atoms with Gasteiger partial charge in [0.25, 0.3) is 17.1 Å². The summed E-state index contributed by atoms with van der Waals surface area (Å²) in [5.74, 6) is 0.143. The summed E-state index contributed by atoms with van der Waals surface area (Å²) in [6.07, 6.45) is 1.79. The Morgan fingerprint density at radius 3 is 1.19 bits per heavy atom. The standard InChI is InChI=1S/C8H9NO5S.C7H6N2O6S.CH4O.CH3O.Na/c1-14-7-3-6(9(10)11)4-8(5-7)15(2,12)13;1-16(14,15)7-3-5(8(10)11)2-6(4-7)9(12)13;2*1-2;/h3-5H,1-2H3;2-4H,1H3;2H,1H3;1H3;/q;;;-1;+1. The number of ether oxygens (including phenoxy) is 1. The van der Waals surface area contributed by atoms with E-state index in [0.717, 1.165) is 51.0 Å². The van der Waals surface area contributed by atoms with Gasteiger partial charge in [-0.2, -0.15) is 7.11 Å². The van der Waals surface area contributed by atoms with Crippen molar-refractivity contribution in [3.8, 4) is 5.75 Å². The molecule has 0 aliphatic carbocycles. The quantitative estimate of drug-likeness (QED) is 0.217. The molecule has 0 unspecified atom stereocenters. The van der Waals surface area contributed by atoms with Crippen LogP contribution in [-0.4, -0.2) is 70.6 Å². The molecule has 0 atom stereocenters. The molecule has 0 amide bonds. The Bertz CT molecular complexity index is 1230. The van der Waals surface area contributed by atoms with Gasteiger partial charge in [0.05, 0.1) is 43.8 Å². The Kier molecular flexibility index (Phi) is 17.7. The Morgan fingerprint density at radius 2 is 0.944 bits per heavy atom. The van der Waals surface area contributed by atoms with Crippen molar-refractivity contribution in [2.45, 2.75) is 9.79 Å².